The number of halogens is 1. The van der Waals surface area contributed by atoms with E-state index >= 15 is 0 Å². The molecule has 41 heavy (non-hydrogen) atoms. The Bertz CT molecular complexity index is 1410. The zero-order valence-electron chi connectivity index (χ0n) is 23.8. The highest BCUT2D eigenvalue weighted by Crippen LogP contribution is 2.34. The summed E-state index contributed by atoms with van der Waals surface area (Å²) in [4.78, 5) is 15.7. The number of sulfone groups is 1. The fraction of sp³-hybridized carbons (Fsp3) is 0.441. The first-order valence-corrected chi connectivity index (χ1v) is 16.4. The average molecular weight is 578 g/mol. The van der Waals surface area contributed by atoms with E-state index in [0.29, 0.717) is 11.3 Å². The number of hydrogen-bond donors (Lipinski definition) is 0. The molecule has 7 heteroatoms. The lowest BCUT2D eigenvalue weighted by Crippen LogP contribution is -2.35. The van der Waals surface area contributed by atoms with E-state index in [4.69, 9.17) is 4.74 Å². The van der Waals surface area contributed by atoms with Crippen LogP contribution in [0.15, 0.2) is 77.7 Å². The van der Waals surface area contributed by atoms with E-state index in [1.54, 1.807) is 24.3 Å². The lowest BCUT2D eigenvalue weighted by molar-refractivity contribution is -0.124. The maximum absolute atomic E-state index is 13.3. The second kappa shape index (κ2) is 13.4. The molecular weight excluding hydrogens is 537 g/mol. The van der Waals surface area contributed by atoms with Crippen LogP contribution >= 0.6 is 0 Å². The van der Waals surface area contributed by atoms with E-state index in [1.807, 2.05) is 19.1 Å². The molecule has 2 aliphatic rings. The number of hydrogen-bond acceptors (Lipinski definition) is 5. The third-order valence-electron chi connectivity index (χ3n) is 8.69. The summed E-state index contributed by atoms with van der Waals surface area (Å²) in [6.07, 6.45) is 3.38. The standard InChI is InChI=1S/C34H40FNO4S/c1-25(28-9-13-32(35)14-10-28)21-34(37)30-7-5-26(6-8-30)24-41(38,39)33-15-11-29(12-16-33)31-4-2-3-27(22-31)23-36-17-19-40-20-18-36/h2-4,9-16,22,25-26,30H,5-8,17-21,23-24H2,1H3/t25-,26?,30?/m0/s1. The van der Waals surface area contributed by atoms with Crippen molar-refractivity contribution in [3.8, 4) is 11.1 Å². The molecule has 218 valence electrons. The van der Waals surface area contributed by atoms with Gasteiger partial charge in [-0.05, 0) is 90.1 Å². The molecule has 1 atom stereocenters. The van der Waals surface area contributed by atoms with Crippen molar-refractivity contribution in [2.45, 2.75) is 56.4 Å². The van der Waals surface area contributed by atoms with E-state index < -0.39 is 9.84 Å². The van der Waals surface area contributed by atoms with Crippen molar-refractivity contribution >= 4 is 15.6 Å². The van der Waals surface area contributed by atoms with Crippen molar-refractivity contribution in [3.63, 3.8) is 0 Å². The SMILES string of the molecule is C[C@@H](CC(=O)C1CCC(CS(=O)(=O)c2ccc(-c3cccc(CN4CCOCC4)c3)cc2)CC1)c1ccc(F)cc1. The second-order valence-corrected chi connectivity index (χ2v) is 13.8. The Kier molecular flexibility index (Phi) is 9.68. The van der Waals surface area contributed by atoms with Crippen molar-refractivity contribution in [2.75, 3.05) is 32.1 Å². The number of rotatable bonds is 10. The Morgan fingerprint density at radius 1 is 0.927 bits per heavy atom. The third kappa shape index (κ3) is 7.91. The van der Waals surface area contributed by atoms with Crippen molar-refractivity contribution in [1.29, 1.82) is 0 Å². The average Bonchev–Trinajstić information content (AvgIpc) is 2.98. The van der Waals surface area contributed by atoms with Crippen molar-refractivity contribution in [1.82, 2.24) is 4.90 Å². The summed E-state index contributed by atoms with van der Waals surface area (Å²) in [7, 11) is -3.42. The van der Waals surface area contributed by atoms with E-state index in [-0.39, 0.29) is 35.1 Å². The molecule has 0 radical (unpaired) electrons. The third-order valence-corrected chi connectivity index (χ3v) is 10.6. The number of ketones is 1. The Balaban J connectivity index is 1.13. The smallest absolute Gasteiger partial charge is 0.178 e. The Labute approximate surface area is 243 Å². The molecule has 2 fully saturated rings. The topological polar surface area (TPSA) is 63.7 Å². The van der Waals surface area contributed by atoms with Crippen LogP contribution in [0.1, 0.15) is 56.1 Å². The molecule has 0 spiro atoms. The number of nitrogens with zero attached hydrogens (tertiary/aromatic N) is 1. The molecule has 0 N–H and O–H groups in total. The minimum Gasteiger partial charge on any atom is -0.379 e. The van der Waals surface area contributed by atoms with E-state index in [9.17, 15) is 17.6 Å². The number of carbonyl (C=O) groups is 1. The lowest BCUT2D eigenvalue weighted by atomic mass is 9.78. The zero-order chi connectivity index (χ0) is 28.8. The Morgan fingerprint density at radius 3 is 2.29 bits per heavy atom. The largest absolute Gasteiger partial charge is 0.379 e. The normalized spacial score (nSPS) is 20.9. The number of ether oxygens (including phenoxy) is 1. The summed E-state index contributed by atoms with van der Waals surface area (Å²) in [5.74, 6) is 0.157. The van der Waals surface area contributed by atoms with E-state index in [1.165, 1.54) is 17.7 Å². The summed E-state index contributed by atoms with van der Waals surface area (Å²) >= 11 is 0. The van der Waals surface area contributed by atoms with Crippen LogP contribution < -0.4 is 0 Å². The molecule has 1 aliphatic carbocycles. The first-order valence-electron chi connectivity index (χ1n) is 14.8. The van der Waals surface area contributed by atoms with Crippen molar-refractivity contribution < 1.29 is 22.3 Å². The summed E-state index contributed by atoms with van der Waals surface area (Å²) in [5.41, 5.74) is 4.28. The molecule has 1 heterocycles. The molecule has 1 aliphatic heterocycles. The molecule has 0 bridgehead atoms. The van der Waals surface area contributed by atoms with Crippen LogP contribution in [0.4, 0.5) is 4.39 Å². The quantitative estimate of drug-likeness (QED) is 0.269. The fourth-order valence-corrected chi connectivity index (χ4v) is 7.85. The summed E-state index contributed by atoms with van der Waals surface area (Å²) < 4.78 is 45.2. The van der Waals surface area contributed by atoms with Crippen LogP contribution in [0.5, 0.6) is 0 Å². The molecular formula is C34H40FNO4S. The predicted molar refractivity (Wildman–Crippen MR) is 160 cm³/mol. The highest BCUT2D eigenvalue weighted by molar-refractivity contribution is 7.91. The minimum absolute atomic E-state index is 0.0184. The molecule has 3 aromatic rings. The van der Waals surface area contributed by atoms with Crippen molar-refractivity contribution in [3.05, 3.63) is 89.7 Å². The fourth-order valence-electron chi connectivity index (χ4n) is 6.16. The van der Waals surface area contributed by atoms with Crippen LogP contribution in [0.3, 0.4) is 0 Å². The summed E-state index contributed by atoms with van der Waals surface area (Å²) in [6.45, 7) is 6.29. The molecule has 1 saturated carbocycles. The number of morpholine rings is 1. The monoisotopic (exact) mass is 577 g/mol. The van der Waals surface area contributed by atoms with Gasteiger partial charge in [0.15, 0.2) is 9.84 Å². The Morgan fingerprint density at radius 2 is 1.61 bits per heavy atom. The molecule has 5 rings (SSSR count). The molecule has 0 aromatic heterocycles. The van der Waals surface area contributed by atoms with Gasteiger partial charge < -0.3 is 4.74 Å². The zero-order valence-corrected chi connectivity index (χ0v) is 24.6. The van der Waals surface area contributed by atoms with Gasteiger partial charge in [-0.3, -0.25) is 9.69 Å². The van der Waals surface area contributed by atoms with Gasteiger partial charge in [0, 0.05) is 32.0 Å². The van der Waals surface area contributed by atoms with Crippen LogP contribution in [0.2, 0.25) is 0 Å². The summed E-state index contributed by atoms with van der Waals surface area (Å²) in [6, 6.07) is 22.0. The van der Waals surface area contributed by atoms with Crippen LogP contribution in [0.25, 0.3) is 11.1 Å². The molecule has 5 nitrogen and oxygen atoms in total. The molecule has 0 unspecified atom stereocenters. The van der Waals surface area contributed by atoms with Gasteiger partial charge in [0.2, 0.25) is 0 Å². The number of carbonyl (C=O) groups excluding carboxylic acids is 1. The molecule has 1 saturated heterocycles. The lowest BCUT2D eigenvalue weighted by Gasteiger charge is -2.28. The van der Waals surface area contributed by atoms with E-state index in [0.717, 1.165) is 75.2 Å². The van der Waals surface area contributed by atoms with Gasteiger partial charge in [0.05, 0.1) is 23.9 Å². The van der Waals surface area contributed by atoms with Gasteiger partial charge in [-0.1, -0.05) is 49.4 Å². The first-order chi connectivity index (χ1) is 19.8. The highest BCUT2D eigenvalue weighted by Gasteiger charge is 2.30. The van der Waals surface area contributed by atoms with Crippen LogP contribution in [-0.4, -0.2) is 51.2 Å². The summed E-state index contributed by atoms with van der Waals surface area (Å²) in [5, 5.41) is 0. The van der Waals surface area contributed by atoms with Gasteiger partial charge in [-0.15, -0.1) is 0 Å². The van der Waals surface area contributed by atoms with Gasteiger partial charge in [-0.25, -0.2) is 12.8 Å². The highest BCUT2D eigenvalue weighted by atomic mass is 32.2. The number of Topliss-reactive ketones (excluding diaryl/α,β-unsaturated/α-hetero) is 1. The second-order valence-electron chi connectivity index (χ2n) is 11.7. The van der Waals surface area contributed by atoms with Gasteiger partial charge >= 0.3 is 0 Å². The van der Waals surface area contributed by atoms with Gasteiger partial charge in [0.1, 0.15) is 11.6 Å². The Hall–Kier alpha value is -2.87. The van der Waals surface area contributed by atoms with Gasteiger partial charge in [-0.2, -0.15) is 0 Å². The maximum atomic E-state index is 13.3. The van der Waals surface area contributed by atoms with Crippen molar-refractivity contribution in [2.24, 2.45) is 11.8 Å². The molecule has 0 amide bonds. The minimum atomic E-state index is -3.42. The first kappa shape index (κ1) is 29.6. The molecule has 3 aromatic carbocycles. The predicted octanol–water partition coefficient (Wildman–Crippen LogP) is 6.67. The van der Waals surface area contributed by atoms with Crippen LogP contribution in [0, 0.1) is 17.7 Å². The van der Waals surface area contributed by atoms with Gasteiger partial charge in [0.25, 0.3) is 0 Å². The maximum Gasteiger partial charge on any atom is 0.178 e. The number of benzene rings is 3. The van der Waals surface area contributed by atoms with Crippen LogP contribution in [-0.2, 0) is 25.9 Å². The van der Waals surface area contributed by atoms with E-state index in [2.05, 4.69) is 29.2 Å².